The van der Waals surface area contributed by atoms with E-state index in [0.29, 0.717) is 19.3 Å². The number of rotatable bonds is 59. The van der Waals surface area contributed by atoms with Gasteiger partial charge in [0.2, 0.25) is 0 Å². The SMILES string of the molecule is CC/C=C\C/C=C\C/C=C\CCCCCC(=O)OCC(COC(=O)CCCCCCCCCCCCCCCCCCCCCCCCCCCCCC)OC(=O)CCCCCCC/C=C\CCCCCCC. The van der Waals surface area contributed by atoms with Gasteiger partial charge in [-0.25, -0.2) is 0 Å². The average molecular weight is 1020 g/mol. The minimum atomic E-state index is -0.788. The van der Waals surface area contributed by atoms with Gasteiger partial charge in [-0.2, -0.15) is 0 Å². The number of esters is 3. The molecule has 73 heavy (non-hydrogen) atoms. The molecule has 0 aliphatic heterocycles. The zero-order chi connectivity index (χ0) is 52.9. The van der Waals surface area contributed by atoms with E-state index >= 15 is 0 Å². The first kappa shape index (κ1) is 70.4. The Morgan fingerprint density at radius 1 is 0.288 bits per heavy atom. The molecule has 6 nitrogen and oxygen atoms in total. The van der Waals surface area contributed by atoms with Crippen LogP contribution in [0.25, 0.3) is 0 Å². The smallest absolute Gasteiger partial charge is 0.306 e. The number of allylic oxidation sites excluding steroid dienone is 8. The van der Waals surface area contributed by atoms with E-state index in [0.717, 1.165) is 96.3 Å². The molecule has 426 valence electrons. The fourth-order valence-corrected chi connectivity index (χ4v) is 9.51. The average Bonchev–Trinajstić information content (AvgIpc) is 3.39. The maximum Gasteiger partial charge on any atom is 0.306 e. The van der Waals surface area contributed by atoms with Crippen LogP contribution in [-0.2, 0) is 28.6 Å². The first-order chi connectivity index (χ1) is 36.0. The Bertz CT molecular complexity index is 1270. The van der Waals surface area contributed by atoms with E-state index in [9.17, 15) is 14.4 Å². The van der Waals surface area contributed by atoms with Crippen molar-refractivity contribution in [3.05, 3.63) is 48.6 Å². The zero-order valence-electron chi connectivity index (χ0n) is 48.9. The lowest BCUT2D eigenvalue weighted by atomic mass is 10.0. The van der Waals surface area contributed by atoms with Crippen molar-refractivity contribution in [3.63, 3.8) is 0 Å². The predicted molar refractivity (Wildman–Crippen MR) is 316 cm³/mol. The molecule has 1 atom stereocenters. The Balaban J connectivity index is 4.17. The molecular weight excluding hydrogens is 901 g/mol. The quantitative estimate of drug-likeness (QED) is 0.0261. The summed E-state index contributed by atoms with van der Waals surface area (Å²) < 4.78 is 16.9. The van der Waals surface area contributed by atoms with Gasteiger partial charge in [-0.1, -0.05) is 294 Å². The van der Waals surface area contributed by atoms with E-state index in [2.05, 4.69) is 69.4 Å². The Morgan fingerprint density at radius 3 is 0.863 bits per heavy atom. The maximum absolute atomic E-state index is 12.9. The van der Waals surface area contributed by atoms with E-state index in [4.69, 9.17) is 14.2 Å². The summed E-state index contributed by atoms with van der Waals surface area (Å²) in [5, 5.41) is 0. The third-order valence-corrected chi connectivity index (χ3v) is 14.3. The summed E-state index contributed by atoms with van der Waals surface area (Å²) in [6, 6.07) is 0. The predicted octanol–water partition coefficient (Wildman–Crippen LogP) is 21.8. The van der Waals surface area contributed by atoms with Gasteiger partial charge < -0.3 is 14.2 Å². The van der Waals surface area contributed by atoms with Gasteiger partial charge >= 0.3 is 17.9 Å². The van der Waals surface area contributed by atoms with E-state index in [-0.39, 0.29) is 31.1 Å². The molecule has 0 saturated carbocycles. The summed E-state index contributed by atoms with van der Waals surface area (Å²) in [6.45, 7) is 6.53. The van der Waals surface area contributed by atoms with Crippen molar-refractivity contribution < 1.29 is 28.6 Å². The summed E-state index contributed by atoms with van der Waals surface area (Å²) in [6.07, 6.45) is 77.2. The summed E-state index contributed by atoms with van der Waals surface area (Å²) >= 11 is 0. The van der Waals surface area contributed by atoms with Crippen molar-refractivity contribution >= 4 is 17.9 Å². The summed E-state index contributed by atoms with van der Waals surface area (Å²) in [5.74, 6) is -0.905. The fourth-order valence-electron chi connectivity index (χ4n) is 9.51. The van der Waals surface area contributed by atoms with Crippen molar-refractivity contribution in [2.45, 2.75) is 348 Å². The lowest BCUT2D eigenvalue weighted by molar-refractivity contribution is -0.167. The van der Waals surface area contributed by atoms with Crippen LogP contribution in [0.3, 0.4) is 0 Å². The number of hydrogen-bond donors (Lipinski definition) is 0. The minimum Gasteiger partial charge on any atom is -0.462 e. The molecule has 0 aliphatic carbocycles. The van der Waals surface area contributed by atoms with Crippen LogP contribution < -0.4 is 0 Å². The van der Waals surface area contributed by atoms with Gasteiger partial charge in [0.1, 0.15) is 13.2 Å². The molecule has 6 heteroatoms. The molecule has 0 aromatic carbocycles. The van der Waals surface area contributed by atoms with Crippen molar-refractivity contribution in [3.8, 4) is 0 Å². The topological polar surface area (TPSA) is 78.9 Å². The van der Waals surface area contributed by atoms with Gasteiger partial charge in [0.05, 0.1) is 0 Å². The van der Waals surface area contributed by atoms with Crippen LogP contribution in [0.15, 0.2) is 48.6 Å². The van der Waals surface area contributed by atoms with Crippen molar-refractivity contribution in [2.75, 3.05) is 13.2 Å². The Kier molecular flexibility index (Phi) is 59.7. The minimum absolute atomic E-state index is 0.0827. The molecule has 0 bridgehead atoms. The molecule has 0 aliphatic rings. The number of hydrogen-bond acceptors (Lipinski definition) is 6. The van der Waals surface area contributed by atoms with Crippen LogP contribution in [0.5, 0.6) is 0 Å². The van der Waals surface area contributed by atoms with E-state index < -0.39 is 6.10 Å². The summed E-state index contributed by atoms with van der Waals surface area (Å²) in [5.41, 5.74) is 0. The second kappa shape index (κ2) is 61.9. The summed E-state index contributed by atoms with van der Waals surface area (Å²) in [4.78, 5) is 38.2. The van der Waals surface area contributed by atoms with Crippen LogP contribution in [0.4, 0.5) is 0 Å². The zero-order valence-corrected chi connectivity index (χ0v) is 48.9. The van der Waals surface area contributed by atoms with E-state index in [1.807, 2.05) is 0 Å². The first-order valence-electron chi connectivity index (χ1n) is 32.1. The number of carbonyl (C=O) groups is 3. The number of ether oxygens (including phenoxy) is 3. The highest BCUT2D eigenvalue weighted by Gasteiger charge is 2.19. The van der Waals surface area contributed by atoms with Crippen molar-refractivity contribution in [1.29, 1.82) is 0 Å². The highest BCUT2D eigenvalue weighted by atomic mass is 16.6. The molecule has 0 heterocycles. The molecule has 0 fully saturated rings. The van der Waals surface area contributed by atoms with Gasteiger partial charge in [-0.05, 0) is 77.0 Å². The molecular formula is C67H122O6. The monoisotopic (exact) mass is 1020 g/mol. The third-order valence-electron chi connectivity index (χ3n) is 14.3. The molecule has 0 aromatic rings. The normalized spacial score (nSPS) is 12.3. The van der Waals surface area contributed by atoms with Gasteiger partial charge in [0.25, 0.3) is 0 Å². The number of carbonyl (C=O) groups excluding carboxylic acids is 3. The Morgan fingerprint density at radius 2 is 0.534 bits per heavy atom. The van der Waals surface area contributed by atoms with Crippen LogP contribution in [-0.4, -0.2) is 37.2 Å². The van der Waals surface area contributed by atoms with Crippen LogP contribution in [0.1, 0.15) is 342 Å². The molecule has 0 spiro atoms. The van der Waals surface area contributed by atoms with Crippen LogP contribution in [0, 0.1) is 0 Å². The van der Waals surface area contributed by atoms with Crippen LogP contribution >= 0.6 is 0 Å². The lowest BCUT2D eigenvalue weighted by Crippen LogP contribution is -2.30. The maximum atomic E-state index is 12.9. The lowest BCUT2D eigenvalue weighted by Gasteiger charge is -2.18. The van der Waals surface area contributed by atoms with E-state index in [1.54, 1.807) is 0 Å². The molecule has 1 unspecified atom stereocenters. The molecule has 0 saturated heterocycles. The highest BCUT2D eigenvalue weighted by molar-refractivity contribution is 5.71. The standard InChI is InChI=1S/C67H122O6/c1-4-7-10-13-16-19-22-25-27-28-29-30-31-32-33-34-35-36-37-38-39-40-43-45-48-51-54-57-60-66(69)72-63-64(62-71-65(68)59-56-53-50-47-44-41-24-21-18-15-12-9-6-3)73-67(70)61-58-55-52-49-46-42-26-23-20-17-14-11-8-5-2/h9,12,18,21,23,26,41,44,64H,4-8,10-11,13-17,19-20,22,24-25,27-40,42-43,45-63H2,1-3H3/b12-9-,21-18-,26-23-,44-41-. The fraction of sp³-hybridized carbons (Fsp3) is 0.836. The highest BCUT2D eigenvalue weighted by Crippen LogP contribution is 2.18. The second-order valence-electron chi connectivity index (χ2n) is 21.6. The molecule has 0 amide bonds. The summed E-state index contributed by atoms with van der Waals surface area (Å²) in [7, 11) is 0. The van der Waals surface area contributed by atoms with E-state index in [1.165, 1.54) is 205 Å². The third kappa shape index (κ3) is 60.1. The van der Waals surface area contributed by atoms with Gasteiger partial charge in [0.15, 0.2) is 6.10 Å². The van der Waals surface area contributed by atoms with Crippen molar-refractivity contribution in [1.82, 2.24) is 0 Å². The molecule has 0 radical (unpaired) electrons. The van der Waals surface area contributed by atoms with Gasteiger partial charge in [0, 0.05) is 19.3 Å². The largest absolute Gasteiger partial charge is 0.462 e. The molecule has 0 rings (SSSR count). The Hall–Kier alpha value is -2.63. The first-order valence-corrected chi connectivity index (χ1v) is 32.1. The molecule has 0 aromatic heterocycles. The van der Waals surface area contributed by atoms with Gasteiger partial charge in [-0.3, -0.25) is 14.4 Å². The second-order valence-corrected chi connectivity index (χ2v) is 21.6. The van der Waals surface area contributed by atoms with Crippen LogP contribution in [0.2, 0.25) is 0 Å². The van der Waals surface area contributed by atoms with Gasteiger partial charge in [-0.15, -0.1) is 0 Å². The Labute approximate surface area is 454 Å². The van der Waals surface area contributed by atoms with Crippen molar-refractivity contribution in [2.24, 2.45) is 0 Å². The molecule has 0 N–H and O–H groups in total. The number of unbranched alkanes of at least 4 members (excludes halogenated alkanes) is 40.